The third kappa shape index (κ3) is 6.87. The molecule has 0 saturated heterocycles. The number of rotatable bonds is 9. The van der Waals surface area contributed by atoms with Crippen molar-refractivity contribution in [3.05, 3.63) is 40.7 Å². The van der Waals surface area contributed by atoms with E-state index < -0.39 is 4.92 Å². The molecule has 0 aliphatic heterocycles. The quantitative estimate of drug-likeness (QED) is 0.177. The molecule has 10 nitrogen and oxygen atoms in total. The Hall–Kier alpha value is -2.57. The van der Waals surface area contributed by atoms with E-state index in [1.54, 1.807) is 7.11 Å². The molecule has 0 aliphatic rings. The lowest BCUT2D eigenvalue weighted by atomic mass is 10.2. The van der Waals surface area contributed by atoms with Crippen LogP contribution in [0.25, 0.3) is 0 Å². The minimum atomic E-state index is -0.475. The standard InChI is InChI=1S/C17H24N6O4.HI/c1-4-18-17(19-8-9-22-12-14(11-20-22)23(24)25)21-13-6-7-15(27-5-2)16(10-13)26-3;/h6-7,10-12H,4-5,8-9H2,1-3H3,(H2,18,19,21);1H. The second-order valence-electron chi connectivity index (χ2n) is 5.40. The molecule has 1 aromatic carbocycles. The maximum absolute atomic E-state index is 10.7. The Morgan fingerprint density at radius 2 is 2.14 bits per heavy atom. The van der Waals surface area contributed by atoms with E-state index in [9.17, 15) is 10.1 Å². The Bertz CT molecular complexity index is 796. The van der Waals surface area contributed by atoms with Crippen LogP contribution in [0.15, 0.2) is 35.6 Å². The number of anilines is 1. The summed E-state index contributed by atoms with van der Waals surface area (Å²) in [5.74, 6) is 1.89. The van der Waals surface area contributed by atoms with Gasteiger partial charge in [-0.1, -0.05) is 0 Å². The number of nitrogens with zero attached hydrogens (tertiary/aromatic N) is 4. The van der Waals surface area contributed by atoms with E-state index in [1.165, 1.54) is 17.1 Å². The van der Waals surface area contributed by atoms with Gasteiger partial charge in [-0.05, 0) is 26.0 Å². The summed E-state index contributed by atoms with van der Waals surface area (Å²) >= 11 is 0. The smallest absolute Gasteiger partial charge is 0.306 e. The van der Waals surface area contributed by atoms with E-state index in [-0.39, 0.29) is 29.7 Å². The van der Waals surface area contributed by atoms with Crippen molar-refractivity contribution in [1.82, 2.24) is 15.1 Å². The summed E-state index contributed by atoms with van der Waals surface area (Å²) < 4.78 is 12.4. The molecule has 0 amide bonds. The van der Waals surface area contributed by atoms with Crippen LogP contribution >= 0.6 is 24.0 Å². The monoisotopic (exact) mass is 504 g/mol. The highest BCUT2D eigenvalue weighted by atomic mass is 127. The molecule has 2 N–H and O–H groups in total. The molecule has 1 heterocycles. The molecule has 0 fully saturated rings. The number of hydrogen-bond acceptors (Lipinski definition) is 6. The van der Waals surface area contributed by atoms with Crippen LogP contribution in [0.2, 0.25) is 0 Å². The summed E-state index contributed by atoms with van der Waals surface area (Å²) in [5.41, 5.74) is 0.759. The Labute approximate surface area is 180 Å². The largest absolute Gasteiger partial charge is 0.493 e. The molecule has 2 rings (SSSR count). The molecule has 0 radical (unpaired) electrons. The number of aliphatic imine (C=N–C) groups is 1. The Morgan fingerprint density at radius 3 is 2.75 bits per heavy atom. The van der Waals surface area contributed by atoms with Gasteiger partial charge in [-0.25, -0.2) is 0 Å². The molecular formula is C17H25IN6O4. The van der Waals surface area contributed by atoms with Gasteiger partial charge in [-0.15, -0.1) is 24.0 Å². The highest BCUT2D eigenvalue weighted by molar-refractivity contribution is 14.0. The predicted molar refractivity (Wildman–Crippen MR) is 118 cm³/mol. The molecule has 0 unspecified atom stereocenters. The van der Waals surface area contributed by atoms with Crippen molar-refractivity contribution in [3.8, 4) is 11.5 Å². The summed E-state index contributed by atoms with van der Waals surface area (Å²) in [7, 11) is 1.59. The number of methoxy groups -OCH3 is 1. The highest BCUT2D eigenvalue weighted by Gasteiger charge is 2.09. The number of nitro groups is 1. The van der Waals surface area contributed by atoms with Gasteiger partial charge in [-0.3, -0.25) is 19.8 Å². The van der Waals surface area contributed by atoms with Gasteiger partial charge in [0.25, 0.3) is 0 Å². The van der Waals surface area contributed by atoms with Crippen LogP contribution in [0.4, 0.5) is 11.4 Å². The summed E-state index contributed by atoms with van der Waals surface area (Å²) in [6.45, 7) is 5.95. The molecule has 11 heteroatoms. The molecule has 0 atom stereocenters. The average Bonchev–Trinajstić information content (AvgIpc) is 3.12. The second kappa shape index (κ2) is 12.0. The third-order valence-electron chi connectivity index (χ3n) is 3.50. The minimum Gasteiger partial charge on any atom is -0.493 e. The fourth-order valence-corrected chi connectivity index (χ4v) is 2.30. The molecule has 0 aliphatic carbocycles. The Kier molecular flexibility index (Phi) is 10.1. The Balaban J connectivity index is 0.00000392. The van der Waals surface area contributed by atoms with Gasteiger partial charge in [0.1, 0.15) is 12.4 Å². The number of aromatic nitrogens is 2. The summed E-state index contributed by atoms with van der Waals surface area (Å²) in [6.07, 6.45) is 2.60. The van der Waals surface area contributed by atoms with Crippen molar-refractivity contribution in [2.75, 3.05) is 32.1 Å². The first-order valence-corrected chi connectivity index (χ1v) is 8.60. The van der Waals surface area contributed by atoms with Crippen molar-refractivity contribution in [1.29, 1.82) is 0 Å². The van der Waals surface area contributed by atoms with Gasteiger partial charge in [0.15, 0.2) is 17.5 Å². The summed E-state index contributed by atoms with van der Waals surface area (Å²) in [4.78, 5) is 14.7. The second-order valence-corrected chi connectivity index (χ2v) is 5.40. The van der Waals surface area contributed by atoms with Crippen LogP contribution in [-0.4, -0.2) is 47.5 Å². The van der Waals surface area contributed by atoms with Gasteiger partial charge in [0.05, 0.1) is 31.7 Å². The van der Waals surface area contributed by atoms with Crippen molar-refractivity contribution in [2.45, 2.75) is 20.4 Å². The fourth-order valence-electron chi connectivity index (χ4n) is 2.30. The lowest BCUT2D eigenvalue weighted by Gasteiger charge is -2.14. The first-order valence-electron chi connectivity index (χ1n) is 8.60. The molecular weight excluding hydrogens is 479 g/mol. The lowest BCUT2D eigenvalue weighted by molar-refractivity contribution is -0.385. The molecule has 28 heavy (non-hydrogen) atoms. The van der Waals surface area contributed by atoms with Crippen LogP contribution in [0.1, 0.15) is 13.8 Å². The van der Waals surface area contributed by atoms with Crippen LogP contribution < -0.4 is 20.1 Å². The summed E-state index contributed by atoms with van der Waals surface area (Å²) in [6, 6.07) is 5.53. The maximum atomic E-state index is 10.7. The first-order chi connectivity index (χ1) is 13.1. The molecule has 0 spiro atoms. The van der Waals surface area contributed by atoms with Gasteiger partial charge in [0, 0.05) is 18.3 Å². The van der Waals surface area contributed by atoms with Gasteiger partial charge >= 0.3 is 5.69 Å². The molecule has 154 valence electrons. The van der Waals surface area contributed by atoms with Crippen molar-refractivity contribution in [2.24, 2.45) is 4.99 Å². The van der Waals surface area contributed by atoms with E-state index in [4.69, 9.17) is 9.47 Å². The number of ether oxygens (including phenoxy) is 2. The zero-order valence-corrected chi connectivity index (χ0v) is 18.4. The van der Waals surface area contributed by atoms with Gasteiger partial charge < -0.3 is 20.1 Å². The van der Waals surface area contributed by atoms with Crippen LogP contribution in [0.5, 0.6) is 11.5 Å². The van der Waals surface area contributed by atoms with Crippen molar-refractivity contribution < 1.29 is 14.4 Å². The van der Waals surface area contributed by atoms with Crippen molar-refractivity contribution in [3.63, 3.8) is 0 Å². The summed E-state index contributed by atoms with van der Waals surface area (Å²) in [5, 5.41) is 21.0. The predicted octanol–water partition coefficient (Wildman–Crippen LogP) is 2.89. The van der Waals surface area contributed by atoms with Crippen molar-refractivity contribution >= 4 is 41.3 Å². The number of hydrogen-bond donors (Lipinski definition) is 2. The zero-order valence-electron chi connectivity index (χ0n) is 16.0. The topological polar surface area (TPSA) is 116 Å². The van der Waals surface area contributed by atoms with Gasteiger partial charge in [0.2, 0.25) is 0 Å². The lowest BCUT2D eigenvalue weighted by Crippen LogP contribution is -2.31. The Morgan fingerprint density at radius 1 is 1.36 bits per heavy atom. The molecule has 2 aromatic rings. The minimum absolute atomic E-state index is 0. The van der Waals surface area contributed by atoms with E-state index >= 15 is 0 Å². The normalized spacial score (nSPS) is 10.8. The molecule has 0 saturated carbocycles. The number of guanidine groups is 1. The fraction of sp³-hybridized carbons (Fsp3) is 0.412. The number of nitrogens with one attached hydrogen (secondary N) is 2. The molecule has 0 bridgehead atoms. The number of halogens is 1. The number of benzene rings is 1. The molecule has 1 aromatic heterocycles. The van der Waals surface area contributed by atoms with E-state index in [0.717, 1.165) is 5.69 Å². The van der Waals surface area contributed by atoms with Crippen LogP contribution in [0, 0.1) is 10.1 Å². The first kappa shape index (κ1) is 23.5. The SMILES string of the molecule is CCNC(=NCCn1cc([N+](=O)[O-])cn1)Nc1ccc(OCC)c(OC)c1.I. The highest BCUT2D eigenvalue weighted by Crippen LogP contribution is 2.30. The van der Waals surface area contributed by atoms with E-state index in [2.05, 4.69) is 20.7 Å². The van der Waals surface area contributed by atoms with E-state index in [0.29, 0.717) is 43.7 Å². The zero-order chi connectivity index (χ0) is 19.6. The van der Waals surface area contributed by atoms with E-state index in [1.807, 2.05) is 32.0 Å². The maximum Gasteiger partial charge on any atom is 0.306 e. The van der Waals surface area contributed by atoms with Gasteiger partial charge in [-0.2, -0.15) is 5.10 Å². The average molecular weight is 504 g/mol. The van der Waals surface area contributed by atoms with Crippen LogP contribution in [-0.2, 0) is 6.54 Å². The third-order valence-corrected chi connectivity index (χ3v) is 3.50. The van der Waals surface area contributed by atoms with Crippen LogP contribution in [0.3, 0.4) is 0 Å².